The van der Waals surface area contributed by atoms with Crippen molar-refractivity contribution in [2.45, 2.75) is 39.0 Å². The van der Waals surface area contributed by atoms with E-state index >= 15 is 0 Å². The van der Waals surface area contributed by atoms with Crippen LogP contribution in [-0.4, -0.2) is 34.4 Å². The second-order valence-electron chi connectivity index (χ2n) is 5.33. The van der Waals surface area contributed by atoms with Crippen LogP contribution in [0.5, 0.6) is 11.5 Å². The van der Waals surface area contributed by atoms with Gasteiger partial charge in [-0.2, -0.15) is 0 Å². The number of nitrogens with one attached hydrogen (secondary N) is 1. The minimum Gasteiger partial charge on any atom is -0.508 e. The lowest BCUT2D eigenvalue weighted by molar-refractivity contribution is -0.122. The first kappa shape index (κ1) is 17.3. The van der Waals surface area contributed by atoms with E-state index < -0.39 is 0 Å². The van der Waals surface area contributed by atoms with E-state index in [9.17, 15) is 20.1 Å². The van der Waals surface area contributed by atoms with E-state index in [1.807, 2.05) is 0 Å². The summed E-state index contributed by atoms with van der Waals surface area (Å²) in [6, 6.07) is 4.34. The van der Waals surface area contributed by atoms with Crippen molar-refractivity contribution in [3.63, 3.8) is 0 Å². The number of carbonyl (C=O) groups is 1. The van der Waals surface area contributed by atoms with Crippen LogP contribution in [0, 0.1) is 5.92 Å². The number of benzene rings is 1. The first-order chi connectivity index (χ1) is 10.1. The SMILES string of the molecule is CCCCCNC(=O)CC(CO)Cc1ccc(O)cc1O. The highest BCUT2D eigenvalue weighted by Crippen LogP contribution is 2.25. The minimum absolute atomic E-state index is 0.00883. The van der Waals surface area contributed by atoms with Crippen LogP contribution >= 0.6 is 0 Å². The number of carbonyl (C=O) groups excluding carboxylic acids is 1. The van der Waals surface area contributed by atoms with Crippen LogP contribution in [0.15, 0.2) is 18.2 Å². The fraction of sp³-hybridized carbons (Fsp3) is 0.562. The third-order valence-electron chi connectivity index (χ3n) is 3.41. The fourth-order valence-electron chi connectivity index (χ4n) is 2.17. The van der Waals surface area contributed by atoms with Crippen molar-refractivity contribution in [1.29, 1.82) is 0 Å². The van der Waals surface area contributed by atoms with E-state index in [1.165, 1.54) is 12.1 Å². The molecule has 0 aliphatic rings. The van der Waals surface area contributed by atoms with Gasteiger partial charge in [-0.25, -0.2) is 0 Å². The number of rotatable bonds is 9. The molecule has 0 spiro atoms. The van der Waals surface area contributed by atoms with Gasteiger partial charge in [0, 0.05) is 25.6 Å². The van der Waals surface area contributed by atoms with E-state index in [4.69, 9.17) is 0 Å². The zero-order valence-electron chi connectivity index (χ0n) is 12.5. The van der Waals surface area contributed by atoms with Crippen LogP contribution in [0.3, 0.4) is 0 Å². The molecule has 1 amide bonds. The van der Waals surface area contributed by atoms with Crippen LogP contribution in [0.25, 0.3) is 0 Å². The second kappa shape index (κ2) is 9.23. The summed E-state index contributed by atoms with van der Waals surface area (Å²) >= 11 is 0. The number of phenolic OH excluding ortho intramolecular Hbond substituents is 2. The molecule has 0 radical (unpaired) electrons. The summed E-state index contributed by atoms with van der Waals surface area (Å²) in [5.74, 6) is -0.350. The van der Waals surface area contributed by atoms with Gasteiger partial charge in [0.05, 0.1) is 0 Å². The molecule has 0 aromatic heterocycles. The highest BCUT2D eigenvalue weighted by atomic mass is 16.3. The van der Waals surface area contributed by atoms with Gasteiger partial charge in [-0.05, 0) is 30.4 Å². The third-order valence-corrected chi connectivity index (χ3v) is 3.41. The maximum atomic E-state index is 11.8. The van der Waals surface area contributed by atoms with Gasteiger partial charge in [-0.1, -0.05) is 25.8 Å². The van der Waals surface area contributed by atoms with Crippen LogP contribution in [0.1, 0.15) is 38.2 Å². The van der Waals surface area contributed by atoms with Gasteiger partial charge in [0.25, 0.3) is 0 Å². The molecule has 4 N–H and O–H groups in total. The molecule has 0 saturated carbocycles. The molecular weight excluding hydrogens is 270 g/mol. The fourth-order valence-corrected chi connectivity index (χ4v) is 2.17. The van der Waals surface area contributed by atoms with Gasteiger partial charge in [0.2, 0.25) is 5.91 Å². The van der Waals surface area contributed by atoms with Crippen LogP contribution in [0.2, 0.25) is 0 Å². The van der Waals surface area contributed by atoms with Crippen molar-refractivity contribution in [1.82, 2.24) is 5.32 Å². The monoisotopic (exact) mass is 295 g/mol. The Hall–Kier alpha value is -1.75. The summed E-state index contributed by atoms with van der Waals surface area (Å²) in [5.41, 5.74) is 0.616. The summed E-state index contributed by atoms with van der Waals surface area (Å²) < 4.78 is 0. The van der Waals surface area contributed by atoms with E-state index in [0.717, 1.165) is 19.3 Å². The number of hydrogen-bond acceptors (Lipinski definition) is 4. The van der Waals surface area contributed by atoms with Gasteiger partial charge in [0.15, 0.2) is 0 Å². The Kier molecular flexibility index (Phi) is 7.61. The average molecular weight is 295 g/mol. The molecule has 0 aliphatic heterocycles. The number of hydrogen-bond donors (Lipinski definition) is 4. The maximum absolute atomic E-state index is 11.8. The van der Waals surface area contributed by atoms with Crippen molar-refractivity contribution >= 4 is 5.91 Å². The number of aliphatic hydroxyl groups is 1. The summed E-state index contributed by atoms with van der Waals surface area (Å²) in [6.07, 6.45) is 3.78. The Bertz CT molecular complexity index is 448. The van der Waals surface area contributed by atoms with Gasteiger partial charge in [-0.3, -0.25) is 4.79 Å². The van der Waals surface area contributed by atoms with Crippen molar-refractivity contribution < 1.29 is 20.1 Å². The van der Waals surface area contributed by atoms with E-state index in [2.05, 4.69) is 12.2 Å². The number of unbranched alkanes of at least 4 members (excludes halogenated alkanes) is 2. The summed E-state index contributed by atoms with van der Waals surface area (Å²) in [7, 11) is 0. The van der Waals surface area contributed by atoms with Gasteiger partial charge in [0.1, 0.15) is 11.5 Å². The van der Waals surface area contributed by atoms with E-state index in [-0.39, 0.29) is 36.4 Å². The number of phenols is 2. The van der Waals surface area contributed by atoms with Crippen molar-refractivity contribution in [2.24, 2.45) is 5.92 Å². The average Bonchev–Trinajstić information content (AvgIpc) is 2.45. The molecule has 1 aromatic carbocycles. The summed E-state index contributed by atoms with van der Waals surface area (Å²) in [5, 5.41) is 31.2. The smallest absolute Gasteiger partial charge is 0.220 e. The predicted molar refractivity (Wildman–Crippen MR) is 81.2 cm³/mol. The lowest BCUT2D eigenvalue weighted by Gasteiger charge is -2.15. The number of aromatic hydroxyl groups is 2. The van der Waals surface area contributed by atoms with Crippen molar-refractivity contribution in [3.8, 4) is 11.5 Å². The van der Waals surface area contributed by atoms with Gasteiger partial charge < -0.3 is 20.6 Å². The van der Waals surface area contributed by atoms with Crippen LogP contribution < -0.4 is 5.32 Å². The molecule has 1 unspecified atom stereocenters. The molecule has 1 atom stereocenters. The molecule has 118 valence electrons. The number of amides is 1. The van der Waals surface area contributed by atoms with Crippen molar-refractivity contribution in [2.75, 3.05) is 13.2 Å². The quantitative estimate of drug-likeness (QED) is 0.524. The Morgan fingerprint density at radius 1 is 1.29 bits per heavy atom. The van der Waals surface area contributed by atoms with Crippen LogP contribution in [0.4, 0.5) is 0 Å². The predicted octanol–water partition coefficient (Wildman–Crippen LogP) is 1.95. The molecule has 0 fully saturated rings. The van der Waals surface area contributed by atoms with E-state index in [1.54, 1.807) is 6.07 Å². The molecule has 0 saturated heterocycles. The maximum Gasteiger partial charge on any atom is 0.220 e. The minimum atomic E-state index is -0.244. The zero-order chi connectivity index (χ0) is 15.7. The topological polar surface area (TPSA) is 89.8 Å². The molecule has 0 aliphatic carbocycles. The molecule has 5 nitrogen and oxygen atoms in total. The highest BCUT2D eigenvalue weighted by Gasteiger charge is 2.15. The Balaban J connectivity index is 2.45. The lowest BCUT2D eigenvalue weighted by Crippen LogP contribution is -2.28. The first-order valence-corrected chi connectivity index (χ1v) is 7.45. The molecule has 21 heavy (non-hydrogen) atoms. The normalized spacial score (nSPS) is 12.1. The second-order valence-corrected chi connectivity index (χ2v) is 5.33. The standard InChI is InChI=1S/C16H25NO4/c1-2-3-4-7-17-16(21)9-12(11-18)8-13-5-6-14(19)10-15(13)20/h5-6,10,12,18-20H,2-4,7-9,11H2,1H3,(H,17,21). The molecule has 5 heteroatoms. The first-order valence-electron chi connectivity index (χ1n) is 7.45. The van der Waals surface area contributed by atoms with Gasteiger partial charge in [-0.15, -0.1) is 0 Å². The number of aliphatic hydroxyl groups excluding tert-OH is 1. The molecule has 1 rings (SSSR count). The summed E-state index contributed by atoms with van der Waals surface area (Å²) in [6.45, 7) is 2.64. The lowest BCUT2D eigenvalue weighted by atomic mass is 9.96. The largest absolute Gasteiger partial charge is 0.508 e. The third kappa shape index (κ3) is 6.49. The Morgan fingerprint density at radius 3 is 2.67 bits per heavy atom. The highest BCUT2D eigenvalue weighted by molar-refractivity contribution is 5.76. The van der Waals surface area contributed by atoms with Gasteiger partial charge >= 0.3 is 0 Å². The molecule has 1 aromatic rings. The Morgan fingerprint density at radius 2 is 2.05 bits per heavy atom. The Labute approximate surface area is 125 Å². The molecule has 0 bridgehead atoms. The van der Waals surface area contributed by atoms with Crippen molar-refractivity contribution in [3.05, 3.63) is 23.8 Å². The molecule has 0 heterocycles. The summed E-state index contributed by atoms with van der Waals surface area (Å²) in [4.78, 5) is 11.8. The van der Waals surface area contributed by atoms with Crippen LogP contribution in [-0.2, 0) is 11.2 Å². The molecular formula is C16H25NO4. The zero-order valence-corrected chi connectivity index (χ0v) is 12.5. The van der Waals surface area contributed by atoms with E-state index in [0.29, 0.717) is 18.5 Å².